The summed E-state index contributed by atoms with van der Waals surface area (Å²) in [5.41, 5.74) is 2.47. The second kappa shape index (κ2) is 8.43. The summed E-state index contributed by atoms with van der Waals surface area (Å²) in [4.78, 5) is 31.1. The van der Waals surface area contributed by atoms with Crippen molar-refractivity contribution >= 4 is 23.4 Å². The average molecular weight is 437 g/mol. The highest BCUT2D eigenvalue weighted by molar-refractivity contribution is 7.07. The topological polar surface area (TPSA) is 60.7 Å². The van der Waals surface area contributed by atoms with Crippen LogP contribution in [0.15, 0.2) is 69.6 Å². The summed E-state index contributed by atoms with van der Waals surface area (Å²) in [6, 6.07) is 13.0. The first-order chi connectivity index (χ1) is 14.9. The molecule has 3 aromatic rings. The molecule has 1 aliphatic heterocycles. The van der Waals surface area contributed by atoms with Crippen molar-refractivity contribution in [1.82, 2.24) is 4.57 Å². The summed E-state index contributed by atoms with van der Waals surface area (Å²) in [5.74, 6) is -1.11. The Labute approximate surface area is 182 Å². The van der Waals surface area contributed by atoms with Gasteiger partial charge in [-0.1, -0.05) is 59.4 Å². The van der Waals surface area contributed by atoms with Crippen molar-refractivity contribution in [3.8, 4) is 0 Å². The van der Waals surface area contributed by atoms with E-state index in [9.17, 15) is 14.0 Å². The van der Waals surface area contributed by atoms with Crippen LogP contribution < -0.4 is 14.9 Å². The normalized spacial score (nSPS) is 16.1. The average Bonchev–Trinajstić information content (AvgIpc) is 3.04. The molecule has 0 fully saturated rings. The van der Waals surface area contributed by atoms with Gasteiger partial charge >= 0.3 is 5.97 Å². The van der Waals surface area contributed by atoms with Crippen LogP contribution in [0.25, 0.3) is 6.08 Å². The third-order valence-electron chi connectivity index (χ3n) is 5.09. The Morgan fingerprint density at radius 2 is 1.90 bits per heavy atom. The maximum Gasteiger partial charge on any atom is 0.338 e. The van der Waals surface area contributed by atoms with Gasteiger partial charge in [0.05, 0.1) is 22.4 Å². The minimum Gasteiger partial charge on any atom is -0.463 e. The standard InChI is InChI=1S/C24H21FN2O3S/c1-4-30-23(29)20-15(3)26-24-27(21(20)17-7-5-6-8-18(17)25)22(28)19(31-24)13-16-11-9-14(2)10-12-16/h5-13,21H,4H2,1-3H3/b19-13+/t21-/m0/s1. The third kappa shape index (κ3) is 3.88. The molecule has 158 valence electrons. The smallest absolute Gasteiger partial charge is 0.338 e. The van der Waals surface area contributed by atoms with E-state index in [-0.39, 0.29) is 23.3 Å². The van der Waals surface area contributed by atoms with Crippen molar-refractivity contribution in [3.63, 3.8) is 0 Å². The molecule has 0 unspecified atom stereocenters. The summed E-state index contributed by atoms with van der Waals surface area (Å²) in [7, 11) is 0. The summed E-state index contributed by atoms with van der Waals surface area (Å²) < 4.78 is 21.9. The van der Waals surface area contributed by atoms with Crippen molar-refractivity contribution in [2.24, 2.45) is 4.99 Å². The molecular formula is C24H21FN2O3S. The first-order valence-corrected chi connectivity index (χ1v) is 10.7. The largest absolute Gasteiger partial charge is 0.463 e. The number of nitrogens with zero attached hydrogens (tertiary/aromatic N) is 2. The molecule has 0 saturated carbocycles. The minimum atomic E-state index is -0.948. The molecule has 0 radical (unpaired) electrons. The third-order valence-corrected chi connectivity index (χ3v) is 6.07. The van der Waals surface area contributed by atoms with Gasteiger partial charge in [-0.3, -0.25) is 9.36 Å². The van der Waals surface area contributed by atoms with Crippen molar-refractivity contribution in [2.45, 2.75) is 26.8 Å². The van der Waals surface area contributed by atoms with E-state index in [2.05, 4.69) is 4.99 Å². The number of fused-ring (bicyclic) bond motifs is 1. The number of rotatable bonds is 4. The number of hydrogen-bond donors (Lipinski definition) is 0. The van der Waals surface area contributed by atoms with Crippen molar-refractivity contribution in [1.29, 1.82) is 0 Å². The van der Waals surface area contributed by atoms with E-state index >= 15 is 0 Å². The van der Waals surface area contributed by atoms with Crippen LogP contribution in [0.5, 0.6) is 0 Å². The highest BCUT2D eigenvalue weighted by atomic mass is 32.1. The Balaban J connectivity index is 1.97. The molecule has 0 aliphatic carbocycles. The molecule has 0 amide bonds. The number of hydrogen-bond acceptors (Lipinski definition) is 5. The predicted octanol–water partition coefficient (Wildman–Crippen LogP) is 3.25. The van der Waals surface area contributed by atoms with E-state index in [4.69, 9.17) is 4.74 Å². The van der Waals surface area contributed by atoms with Crippen LogP contribution in [0.3, 0.4) is 0 Å². The number of ether oxygens (including phenoxy) is 1. The molecule has 31 heavy (non-hydrogen) atoms. The van der Waals surface area contributed by atoms with Gasteiger partial charge in [-0.2, -0.15) is 0 Å². The Morgan fingerprint density at radius 1 is 1.19 bits per heavy atom. The molecular weight excluding hydrogens is 415 g/mol. The van der Waals surface area contributed by atoms with Gasteiger partial charge in [0.1, 0.15) is 11.9 Å². The van der Waals surface area contributed by atoms with Gasteiger partial charge in [0, 0.05) is 5.56 Å². The van der Waals surface area contributed by atoms with Crippen LogP contribution in [-0.4, -0.2) is 17.1 Å². The highest BCUT2D eigenvalue weighted by Gasteiger charge is 2.34. The zero-order valence-electron chi connectivity index (χ0n) is 17.4. The van der Waals surface area contributed by atoms with E-state index in [1.807, 2.05) is 31.2 Å². The Bertz CT molecular complexity index is 1370. The van der Waals surface area contributed by atoms with Crippen LogP contribution in [0, 0.1) is 12.7 Å². The molecule has 2 aromatic carbocycles. The van der Waals surface area contributed by atoms with E-state index in [1.165, 1.54) is 22.0 Å². The maximum atomic E-state index is 14.8. The van der Waals surface area contributed by atoms with Gasteiger partial charge in [-0.05, 0) is 38.5 Å². The summed E-state index contributed by atoms with van der Waals surface area (Å²) in [5, 5.41) is 0. The number of allylic oxidation sites excluding steroid dienone is 1. The number of esters is 1. The SMILES string of the molecule is CCOC(=O)C1=C(C)N=c2s/c(=C/c3ccc(C)cc3)c(=O)n2[C@H]1c1ccccc1F. The van der Waals surface area contributed by atoms with Crippen LogP contribution in [-0.2, 0) is 9.53 Å². The van der Waals surface area contributed by atoms with Crippen molar-refractivity contribution in [3.05, 3.63) is 102 Å². The molecule has 0 saturated heterocycles. The first-order valence-electron chi connectivity index (χ1n) is 9.91. The Morgan fingerprint density at radius 3 is 2.58 bits per heavy atom. The van der Waals surface area contributed by atoms with Crippen molar-refractivity contribution in [2.75, 3.05) is 6.61 Å². The lowest BCUT2D eigenvalue weighted by Crippen LogP contribution is -2.40. The maximum absolute atomic E-state index is 14.8. The fraction of sp³-hybridized carbons (Fsp3) is 0.208. The highest BCUT2D eigenvalue weighted by Crippen LogP contribution is 2.32. The number of aryl methyl sites for hydroxylation is 1. The zero-order chi connectivity index (χ0) is 22.1. The lowest BCUT2D eigenvalue weighted by atomic mass is 9.95. The number of thiazole rings is 1. The molecule has 1 aliphatic rings. The zero-order valence-corrected chi connectivity index (χ0v) is 18.2. The number of aromatic nitrogens is 1. The number of benzene rings is 2. The number of carbonyl (C=O) groups excluding carboxylic acids is 1. The van der Waals surface area contributed by atoms with Crippen LogP contribution in [0.1, 0.15) is 36.6 Å². The molecule has 0 spiro atoms. The van der Waals surface area contributed by atoms with E-state index in [0.29, 0.717) is 15.0 Å². The van der Waals surface area contributed by atoms with Gasteiger partial charge in [0.15, 0.2) is 4.80 Å². The fourth-order valence-corrected chi connectivity index (χ4v) is 4.64. The molecule has 2 heterocycles. The van der Waals surface area contributed by atoms with Crippen LogP contribution in [0.2, 0.25) is 0 Å². The second-order valence-corrected chi connectivity index (χ2v) is 8.24. The molecule has 1 aromatic heterocycles. The van der Waals surface area contributed by atoms with E-state index in [1.54, 1.807) is 38.1 Å². The Hall–Kier alpha value is -3.32. The fourth-order valence-electron chi connectivity index (χ4n) is 3.60. The molecule has 1 atom stereocenters. The molecule has 0 N–H and O–H groups in total. The predicted molar refractivity (Wildman–Crippen MR) is 118 cm³/mol. The summed E-state index contributed by atoms with van der Waals surface area (Å²) in [6.45, 7) is 5.53. The number of carbonyl (C=O) groups is 1. The molecule has 0 bridgehead atoms. The van der Waals surface area contributed by atoms with Gasteiger partial charge in [0.2, 0.25) is 0 Å². The number of halogens is 1. The first kappa shape index (κ1) is 20.9. The van der Waals surface area contributed by atoms with Gasteiger partial charge in [-0.15, -0.1) is 0 Å². The van der Waals surface area contributed by atoms with Gasteiger partial charge < -0.3 is 4.74 Å². The Kier molecular flexibility index (Phi) is 5.69. The van der Waals surface area contributed by atoms with Gasteiger partial charge in [0.25, 0.3) is 5.56 Å². The van der Waals surface area contributed by atoms with Crippen LogP contribution >= 0.6 is 11.3 Å². The summed E-state index contributed by atoms with van der Waals surface area (Å²) >= 11 is 1.22. The van der Waals surface area contributed by atoms with Gasteiger partial charge in [-0.25, -0.2) is 14.2 Å². The van der Waals surface area contributed by atoms with Crippen molar-refractivity contribution < 1.29 is 13.9 Å². The minimum absolute atomic E-state index is 0.164. The lowest BCUT2D eigenvalue weighted by molar-refractivity contribution is -0.139. The van der Waals surface area contributed by atoms with E-state index in [0.717, 1.165) is 11.1 Å². The summed E-state index contributed by atoms with van der Waals surface area (Å²) in [6.07, 6.45) is 1.78. The van der Waals surface area contributed by atoms with Crippen LogP contribution in [0.4, 0.5) is 4.39 Å². The molecule has 5 nitrogen and oxygen atoms in total. The van der Waals surface area contributed by atoms with E-state index < -0.39 is 17.8 Å². The monoisotopic (exact) mass is 436 g/mol. The molecule has 4 rings (SSSR count). The lowest BCUT2D eigenvalue weighted by Gasteiger charge is -2.24. The molecule has 7 heteroatoms. The quantitative estimate of drug-likeness (QED) is 0.590. The second-order valence-electron chi connectivity index (χ2n) is 7.23.